The van der Waals surface area contributed by atoms with E-state index in [0.29, 0.717) is 35.6 Å². The molecule has 0 fully saturated rings. The maximum atomic E-state index is 13.2. The number of hydrogen-bond donors (Lipinski definition) is 2. The van der Waals surface area contributed by atoms with Gasteiger partial charge in [0.2, 0.25) is 5.91 Å². The molecule has 1 aliphatic carbocycles. The van der Waals surface area contributed by atoms with Gasteiger partial charge >= 0.3 is 0 Å². The minimum atomic E-state index is -0.333. The number of phenolic OH excluding ortho intramolecular Hbond substituents is 1. The Bertz CT molecular complexity index is 1060. The maximum Gasteiger partial charge on any atom is 0.225 e. The van der Waals surface area contributed by atoms with Crippen LogP contribution in [-0.4, -0.2) is 30.0 Å². The fourth-order valence-electron chi connectivity index (χ4n) is 4.51. The maximum absolute atomic E-state index is 13.2. The molecule has 2 N–H and O–H groups in total. The predicted molar refractivity (Wildman–Crippen MR) is 116 cm³/mol. The van der Waals surface area contributed by atoms with Gasteiger partial charge in [0, 0.05) is 30.0 Å². The molecule has 2 aliphatic rings. The van der Waals surface area contributed by atoms with Crippen molar-refractivity contribution in [3.63, 3.8) is 0 Å². The van der Waals surface area contributed by atoms with E-state index in [1.54, 1.807) is 25.3 Å². The number of Topliss-reactive ketones (excluding diaryl/α,β-unsaturated/α-hetero) is 1. The van der Waals surface area contributed by atoms with Crippen molar-refractivity contribution in [2.75, 3.05) is 7.11 Å². The van der Waals surface area contributed by atoms with Crippen LogP contribution in [0.5, 0.6) is 17.2 Å². The SMILES string of the molecule is COc1cc([C@@H]2CC(=O)C3=C(C2)NC(=O)C[C@H]3c2cccc(O)c2)ccc1OC(C)C. The van der Waals surface area contributed by atoms with Gasteiger partial charge in [-0.1, -0.05) is 18.2 Å². The molecule has 2 aromatic carbocycles. The molecule has 4 rings (SSSR count). The number of benzene rings is 2. The van der Waals surface area contributed by atoms with Crippen LogP contribution < -0.4 is 14.8 Å². The molecule has 0 radical (unpaired) electrons. The molecule has 0 bridgehead atoms. The van der Waals surface area contributed by atoms with Gasteiger partial charge in [-0.2, -0.15) is 0 Å². The Morgan fingerprint density at radius 2 is 1.81 bits per heavy atom. The average Bonchev–Trinajstić information content (AvgIpc) is 2.72. The van der Waals surface area contributed by atoms with Crippen molar-refractivity contribution in [3.8, 4) is 17.2 Å². The molecule has 0 saturated carbocycles. The van der Waals surface area contributed by atoms with Crippen molar-refractivity contribution >= 4 is 11.7 Å². The standard InChI is InChI=1S/C25H27NO5/c1-14(2)31-22-8-7-15(12-23(22)30-3)17-10-20-25(21(28)11-17)19(13-24(29)26-20)16-5-4-6-18(27)9-16/h4-9,12,14,17,19,27H,10-11,13H2,1-3H3,(H,26,29)/t17-,19-/m0/s1. The van der Waals surface area contributed by atoms with Crippen LogP contribution in [-0.2, 0) is 9.59 Å². The zero-order chi connectivity index (χ0) is 22.1. The van der Waals surface area contributed by atoms with Gasteiger partial charge in [0.05, 0.1) is 13.2 Å². The number of rotatable bonds is 5. The molecule has 0 unspecified atom stereocenters. The quantitative estimate of drug-likeness (QED) is 0.756. The van der Waals surface area contributed by atoms with Gasteiger partial charge in [0.25, 0.3) is 0 Å². The number of methoxy groups -OCH3 is 1. The minimum Gasteiger partial charge on any atom is -0.508 e. The zero-order valence-corrected chi connectivity index (χ0v) is 18.0. The van der Waals surface area contributed by atoms with Crippen LogP contribution >= 0.6 is 0 Å². The summed E-state index contributed by atoms with van der Waals surface area (Å²) in [6.07, 6.45) is 1.15. The molecule has 0 saturated heterocycles. The Labute approximate surface area is 181 Å². The Balaban J connectivity index is 1.66. The number of hydrogen-bond acceptors (Lipinski definition) is 5. The fourth-order valence-corrected chi connectivity index (χ4v) is 4.51. The van der Waals surface area contributed by atoms with Crippen LogP contribution in [0.3, 0.4) is 0 Å². The number of phenols is 1. The van der Waals surface area contributed by atoms with E-state index < -0.39 is 0 Å². The van der Waals surface area contributed by atoms with E-state index in [9.17, 15) is 14.7 Å². The molecule has 2 atom stereocenters. The molecule has 2 aromatic rings. The fraction of sp³-hybridized carbons (Fsp3) is 0.360. The van der Waals surface area contributed by atoms with E-state index >= 15 is 0 Å². The molecule has 162 valence electrons. The molecule has 1 aliphatic heterocycles. The van der Waals surface area contributed by atoms with Crippen molar-refractivity contribution in [2.24, 2.45) is 0 Å². The number of nitrogens with one attached hydrogen (secondary N) is 1. The second kappa shape index (κ2) is 8.46. The zero-order valence-electron chi connectivity index (χ0n) is 18.0. The third kappa shape index (κ3) is 4.29. The van der Waals surface area contributed by atoms with Gasteiger partial charge in [0.15, 0.2) is 17.3 Å². The summed E-state index contributed by atoms with van der Waals surface area (Å²) in [5, 5.41) is 12.8. The molecule has 6 nitrogen and oxygen atoms in total. The lowest BCUT2D eigenvalue weighted by atomic mass is 9.73. The van der Waals surface area contributed by atoms with E-state index in [2.05, 4.69) is 5.32 Å². The van der Waals surface area contributed by atoms with E-state index in [4.69, 9.17) is 9.47 Å². The largest absolute Gasteiger partial charge is 0.508 e. The molecule has 1 amide bonds. The lowest BCUT2D eigenvalue weighted by Crippen LogP contribution is -2.38. The van der Waals surface area contributed by atoms with Crippen molar-refractivity contribution in [2.45, 2.75) is 51.0 Å². The first kappa shape index (κ1) is 21.0. The van der Waals surface area contributed by atoms with Crippen LogP contribution in [0, 0.1) is 0 Å². The summed E-state index contributed by atoms with van der Waals surface area (Å²) in [6, 6.07) is 12.6. The summed E-state index contributed by atoms with van der Waals surface area (Å²) in [5.74, 6) is 0.946. The van der Waals surface area contributed by atoms with Crippen LogP contribution in [0.25, 0.3) is 0 Å². The number of allylic oxidation sites excluding steroid dienone is 2. The highest BCUT2D eigenvalue weighted by Crippen LogP contribution is 2.44. The third-order valence-electron chi connectivity index (χ3n) is 5.83. The van der Waals surface area contributed by atoms with Crippen LogP contribution in [0.15, 0.2) is 53.7 Å². The molecular formula is C25H27NO5. The van der Waals surface area contributed by atoms with Crippen LogP contribution in [0.2, 0.25) is 0 Å². The average molecular weight is 421 g/mol. The van der Waals surface area contributed by atoms with Gasteiger partial charge < -0.3 is 19.9 Å². The smallest absolute Gasteiger partial charge is 0.225 e. The van der Waals surface area contributed by atoms with Gasteiger partial charge in [0.1, 0.15) is 5.75 Å². The summed E-state index contributed by atoms with van der Waals surface area (Å²) in [7, 11) is 1.60. The first-order valence-corrected chi connectivity index (χ1v) is 10.5. The number of carbonyl (C=O) groups is 2. The van der Waals surface area contributed by atoms with Crippen molar-refractivity contribution in [3.05, 3.63) is 64.9 Å². The number of ketones is 1. The highest BCUT2D eigenvalue weighted by Gasteiger charge is 2.38. The summed E-state index contributed by atoms with van der Waals surface area (Å²) >= 11 is 0. The first-order valence-electron chi connectivity index (χ1n) is 10.5. The van der Waals surface area contributed by atoms with Crippen LogP contribution in [0.4, 0.5) is 0 Å². The topological polar surface area (TPSA) is 84.9 Å². The second-order valence-corrected chi connectivity index (χ2v) is 8.40. The van der Waals surface area contributed by atoms with Gasteiger partial charge in [-0.05, 0) is 61.6 Å². The monoisotopic (exact) mass is 421 g/mol. The second-order valence-electron chi connectivity index (χ2n) is 8.40. The number of amides is 1. The molecule has 6 heteroatoms. The number of carbonyl (C=O) groups excluding carboxylic acids is 2. The third-order valence-corrected chi connectivity index (χ3v) is 5.83. The Kier molecular flexibility index (Phi) is 5.72. The van der Waals surface area contributed by atoms with E-state index in [-0.39, 0.29) is 41.8 Å². The van der Waals surface area contributed by atoms with Crippen molar-refractivity contribution in [1.82, 2.24) is 5.32 Å². The molecule has 0 spiro atoms. The van der Waals surface area contributed by atoms with E-state index in [1.807, 2.05) is 38.1 Å². The molecule has 0 aromatic heterocycles. The minimum absolute atomic E-state index is 0.0236. The van der Waals surface area contributed by atoms with Crippen LogP contribution in [0.1, 0.15) is 56.1 Å². The predicted octanol–water partition coefficient (Wildman–Crippen LogP) is 4.19. The Morgan fingerprint density at radius 1 is 1.00 bits per heavy atom. The van der Waals surface area contributed by atoms with E-state index in [1.165, 1.54) is 0 Å². The molecular weight excluding hydrogens is 394 g/mol. The first-order chi connectivity index (χ1) is 14.9. The van der Waals surface area contributed by atoms with Gasteiger partial charge in [-0.15, -0.1) is 0 Å². The molecule has 1 heterocycles. The van der Waals surface area contributed by atoms with Gasteiger partial charge in [-0.3, -0.25) is 9.59 Å². The summed E-state index contributed by atoms with van der Waals surface area (Å²) in [6.45, 7) is 3.91. The van der Waals surface area contributed by atoms with E-state index in [0.717, 1.165) is 11.1 Å². The lowest BCUT2D eigenvalue weighted by molar-refractivity contribution is -0.122. The van der Waals surface area contributed by atoms with Gasteiger partial charge in [-0.25, -0.2) is 0 Å². The summed E-state index contributed by atoms with van der Waals surface area (Å²) in [4.78, 5) is 25.7. The van der Waals surface area contributed by atoms with Crippen molar-refractivity contribution in [1.29, 1.82) is 0 Å². The highest BCUT2D eigenvalue weighted by molar-refractivity contribution is 6.02. The lowest BCUT2D eigenvalue weighted by Gasteiger charge is -2.34. The normalized spacial score (nSPS) is 21.0. The number of aromatic hydroxyl groups is 1. The highest BCUT2D eigenvalue weighted by atomic mass is 16.5. The Hall–Kier alpha value is -3.28. The molecule has 31 heavy (non-hydrogen) atoms. The summed E-state index contributed by atoms with van der Waals surface area (Å²) in [5.41, 5.74) is 3.10. The Morgan fingerprint density at radius 3 is 2.52 bits per heavy atom. The number of ether oxygens (including phenoxy) is 2. The summed E-state index contributed by atoms with van der Waals surface area (Å²) < 4.78 is 11.3. The van der Waals surface area contributed by atoms with Crippen molar-refractivity contribution < 1.29 is 24.2 Å².